The molecule has 0 bridgehead atoms. The largest absolute Gasteiger partial charge is 0.0862 e. The van der Waals surface area contributed by atoms with Crippen LogP contribution < -0.4 is 0 Å². The molecule has 0 spiro atoms. The summed E-state index contributed by atoms with van der Waals surface area (Å²) in [6, 6.07) is 21.1. The Morgan fingerprint density at radius 1 is 0.833 bits per heavy atom. The van der Waals surface area contributed by atoms with Gasteiger partial charge >= 0.3 is 0 Å². The Morgan fingerprint density at radius 3 is 1.94 bits per heavy atom. The van der Waals surface area contributed by atoms with Crippen molar-refractivity contribution in [2.75, 3.05) is 0 Å². The monoisotopic (exact) mass is 362 g/mol. The van der Waals surface area contributed by atoms with Crippen molar-refractivity contribution in [3.63, 3.8) is 0 Å². The van der Waals surface area contributed by atoms with Crippen LogP contribution in [0.5, 0.6) is 0 Å². The van der Waals surface area contributed by atoms with Crippen LogP contribution in [0.1, 0.15) is 17.5 Å². The van der Waals surface area contributed by atoms with E-state index in [4.69, 9.17) is 0 Å². The second-order valence-electron chi connectivity index (χ2n) is 4.50. The first kappa shape index (κ1) is 12.2. The molecule has 2 aromatic rings. The fourth-order valence-electron chi connectivity index (χ4n) is 2.33. The molecule has 0 fully saturated rings. The van der Waals surface area contributed by atoms with Crippen LogP contribution in [0, 0.1) is 0 Å². The lowest BCUT2D eigenvalue weighted by atomic mass is 9.78. The number of hydrogen-bond acceptors (Lipinski definition) is 0. The lowest BCUT2D eigenvalue weighted by molar-refractivity contribution is 0.749. The van der Waals surface area contributed by atoms with Crippen molar-refractivity contribution < 1.29 is 0 Å². The summed E-state index contributed by atoms with van der Waals surface area (Å²) in [5, 5.41) is 0. The van der Waals surface area contributed by atoms with Crippen LogP contribution in [0.2, 0.25) is 0 Å². The standard InChI is InChI=1S/C16H12Br2/c17-15-14(12-7-3-1-4-8-12)11-16(15,18)13-9-5-2-6-10-13/h1-10H,11H2. The predicted octanol–water partition coefficient (Wildman–Crippen LogP) is 5.49. The van der Waals surface area contributed by atoms with Gasteiger partial charge in [-0.05, 0) is 23.1 Å². The first-order chi connectivity index (χ1) is 8.72. The van der Waals surface area contributed by atoms with Gasteiger partial charge in [0, 0.05) is 4.48 Å². The van der Waals surface area contributed by atoms with E-state index in [1.165, 1.54) is 21.2 Å². The van der Waals surface area contributed by atoms with Gasteiger partial charge in [0.15, 0.2) is 0 Å². The Bertz CT molecular complexity index is 587. The predicted molar refractivity (Wildman–Crippen MR) is 84.0 cm³/mol. The highest BCUT2D eigenvalue weighted by molar-refractivity contribution is 9.14. The van der Waals surface area contributed by atoms with E-state index in [0.29, 0.717) is 0 Å². The van der Waals surface area contributed by atoms with Crippen LogP contribution in [0.3, 0.4) is 0 Å². The van der Waals surface area contributed by atoms with Crippen LogP contribution in [0.4, 0.5) is 0 Å². The number of hydrogen-bond donors (Lipinski definition) is 0. The average molecular weight is 364 g/mol. The molecule has 1 unspecified atom stereocenters. The minimum absolute atomic E-state index is 0.0422. The molecule has 0 aromatic heterocycles. The summed E-state index contributed by atoms with van der Waals surface area (Å²) < 4.78 is 1.20. The maximum Gasteiger partial charge on any atom is 0.0862 e. The number of rotatable bonds is 2. The van der Waals surface area contributed by atoms with Gasteiger partial charge in [-0.2, -0.15) is 0 Å². The number of halogens is 2. The highest BCUT2D eigenvalue weighted by Crippen LogP contribution is 2.58. The van der Waals surface area contributed by atoms with Gasteiger partial charge in [0.2, 0.25) is 0 Å². The van der Waals surface area contributed by atoms with E-state index in [0.717, 1.165) is 6.42 Å². The fraction of sp³-hybridized carbons (Fsp3) is 0.125. The topological polar surface area (TPSA) is 0 Å². The minimum Gasteiger partial charge on any atom is -0.0739 e. The third-order valence-electron chi connectivity index (χ3n) is 3.39. The smallest absolute Gasteiger partial charge is 0.0739 e. The normalized spacial score (nSPS) is 22.8. The van der Waals surface area contributed by atoms with Crippen LogP contribution in [0.15, 0.2) is 65.1 Å². The van der Waals surface area contributed by atoms with Gasteiger partial charge in [-0.1, -0.05) is 92.5 Å². The molecule has 0 amide bonds. The Kier molecular flexibility index (Phi) is 3.16. The maximum atomic E-state index is 3.87. The first-order valence-corrected chi connectivity index (χ1v) is 7.49. The zero-order valence-corrected chi connectivity index (χ0v) is 12.9. The summed E-state index contributed by atoms with van der Waals surface area (Å²) in [4.78, 5) is 0. The third-order valence-corrected chi connectivity index (χ3v) is 6.21. The fourth-order valence-corrected chi connectivity index (χ4v) is 3.85. The number of alkyl halides is 1. The van der Waals surface area contributed by atoms with E-state index in [2.05, 4.69) is 86.5 Å². The molecule has 0 heterocycles. The first-order valence-electron chi connectivity index (χ1n) is 5.91. The summed E-state index contributed by atoms with van der Waals surface area (Å²) in [7, 11) is 0. The molecule has 1 aliphatic carbocycles. The number of allylic oxidation sites excluding steroid dienone is 2. The van der Waals surface area contributed by atoms with Gasteiger partial charge in [0.1, 0.15) is 0 Å². The van der Waals surface area contributed by atoms with Crippen molar-refractivity contribution in [1.82, 2.24) is 0 Å². The van der Waals surface area contributed by atoms with Crippen LogP contribution in [0.25, 0.3) is 5.57 Å². The molecule has 0 radical (unpaired) electrons. The van der Waals surface area contributed by atoms with Crippen molar-refractivity contribution in [3.8, 4) is 0 Å². The van der Waals surface area contributed by atoms with Crippen LogP contribution in [-0.2, 0) is 4.32 Å². The lowest BCUT2D eigenvalue weighted by Crippen LogP contribution is -2.28. The molecular weight excluding hydrogens is 352 g/mol. The summed E-state index contributed by atoms with van der Waals surface area (Å²) >= 11 is 7.63. The Hall–Kier alpha value is -0.860. The molecule has 0 N–H and O–H groups in total. The zero-order chi connectivity index (χ0) is 12.6. The lowest BCUT2D eigenvalue weighted by Gasteiger charge is -2.39. The van der Waals surface area contributed by atoms with E-state index in [9.17, 15) is 0 Å². The quantitative estimate of drug-likeness (QED) is 0.619. The second kappa shape index (κ2) is 4.67. The minimum atomic E-state index is -0.0422. The number of benzene rings is 2. The highest BCUT2D eigenvalue weighted by atomic mass is 79.9. The van der Waals surface area contributed by atoms with Crippen LogP contribution >= 0.6 is 31.9 Å². The molecular formula is C16H12Br2. The van der Waals surface area contributed by atoms with Gasteiger partial charge in [0.05, 0.1) is 4.32 Å². The molecule has 90 valence electrons. The Balaban J connectivity index is 2.00. The molecule has 1 atom stereocenters. The second-order valence-corrected chi connectivity index (χ2v) is 6.65. The Morgan fingerprint density at radius 2 is 1.39 bits per heavy atom. The molecule has 0 saturated carbocycles. The maximum absolute atomic E-state index is 3.87. The van der Waals surface area contributed by atoms with Crippen molar-refractivity contribution in [2.45, 2.75) is 10.7 Å². The zero-order valence-electron chi connectivity index (χ0n) is 9.74. The summed E-state index contributed by atoms with van der Waals surface area (Å²) in [5.74, 6) is 0. The van der Waals surface area contributed by atoms with Crippen molar-refractivity contribution in [2.24, 2.45) is 0 Å². The van der Waals surface area contributed by atoms with Crippen molar-refractivity contribution in [3.05, 3.63) is 76.3 Å². The molecule has 0 aliphatic heterocycles. The van der Waals surface area contributed by atoms with E-state index in [-0.39, 0.29) is 4.32 Å². The molecule has 0 nitrogen and oxygen atoms in total. The molecule has 0 saturated heterocycles. The average Bonchev–Trinajstić information content (AvgIpc) is 2.46. The molecule has 18 heavy (non-hydrogen) atoms. The summed E-state index contributed by atoms with van der Waals surface area (Å²) in [5.41, 5.74) is 3.99. The van der Waals surface area contributed by atoms with Crippen molar-refractivity contribution >= 4 is 37.4 Å². The van der Waals surface area contributed by atoms with E-state index >= 15 is 0 Å². The van der Waals surface area contributed by atoms with Gasteiger partial charge in [-0.25, -0.2) is 0 Å². The van der Waals surface area contributed by atoms with Gasteiger partial charge in [-0.3, -0.25) is 0 Å². The van der Waals surface area contributed by atoms with E-state index < -0.39 is 0 Å². The molecule has 1 aliphatic rings. The van der Waals surface area contributed by atoms with Gasteiger partial charge in [-0.15, -0.1) is 0 Å². The van der Waals surface area contributed by atoms with Gasteiger partial charge in [0.25, 0.3) is 0 Å². The van der Waals surface area contributed by atoms with Crippen LogP contribution in [-0.4, -0.2) is 0 Å². The van der Waals surface area contributed by atoms with Gasteiger partial charge < -0.3 is 0 Å². The molecule has 3 rings (SSSR count). The van der Waals surface area contributed by atoms with Crippen molar-refractivity contribution in [1.29, 1.82) is 0 Å². The molecule has 2 heteroatoms. The molecule has 2 aromatic carbocycles. The summed E-state index contributed by atoms with van der Waals surface area (Å²) in [6.07, 6.45) is 1.02. The van der Waals surface area contributed by atoms with E-state index in [1.54, 1.807) is 0 Å². The Labute approximate surface area is 124 Å². The SMILES string of the molecule is BrC1=C(c2ccccc2)CC1(Br)c1ccccc1. The van der Waals surface area contributed by atoms with E-state index in [1.807, 2.05) is 6.07 Å². The summed E-state index contributed by atoms with van der Waals surface area (Å²) in [6.45, 7) is 0. The highest BCUT2D eigenvalue weighted by Gasteiger charge is 2.43. The third kappa shape index (κ3) is 1.88.